The van der Waals surface area contributed by atoms with Crippen molar-refractivity contribution in [1.82, 2.24) is 15.1 Å². The van der Waals surface area contributed by atoms with Crippen LogP contribution in [0.3, 0.4) is 0 Å². The average Bonchev–Trinajstić information content (AvgIpc) is 2.83. The number of nitrogens with one attached hydrogen (secondary N) is 1. The van der Waals surface area contributed by atoms with Gasteiger partial charge < -0.3 is 10.0 Å². The fraction of sp³-hybridized carbons (Fsp3) is 0.500. The molecule has 0 radical (unpaired) electrons. The number of hydrogen-bond donors (Lipinski definition) is 2. The van der Waals surface area contributed by atoms with E-state index in [1.807, 2.05) is 0 Å². The van der Waals surface area contributed by atoms with Crippen LogP contribution in [0.5, 0.6) is 0 Å². The molecule has 7 nitrogen and oxygen atoms in total. The Morgan fingerprint density at radius 2 is 2.26 bits per heavy atom. The van der Waals surface area contributed by atoms with Gasteiger partial charge in [0.05, 0.1) is 0 Å². The van der Waals surface area contributed by atoms with Crippen LogP contribution in [0.1, 0.15) is 36.7 Å². The minimum Gasteiger partial charge on any atom is -0.479 e. The largest absolute Gasteiger partial charge is 0.479 e. The van der Waals surface area contributed by atoms with Gasteiger partial charge in [0, 0.05) is 12.6 Å². The van der Waals surface area contributed by atoms with E-state index in [0.29, 0.717) is 25.8 Å². The Balaban J connectivity index is 2.35. The minimum absolute atomic E-state index is 0.0561. The predicted molar refractivity (Wildman–Crippen MR) is 65.8 cm³/mol. The van der Waals surface area contributed by atoms with Gasteiger partial charge in [-0.3, -0.25) is 9.59 Å². The topological polar surface area (TPSA) is 103 Å². The summed E-state index contributed by atoms with van der Waals surface area (Å²) in [5.74, 6) is -1.46. The first kappa shape index (κ1) is 13.3. The highest BCUT2D eigenvalue weighted by Crippen LogP contribution is 2.33. The van der Waals surface area contributed by atoms with Crippen LogP contribution in [0.25, 0.3) is 0 Å². The van der Waals surface area contributed by atoms with E-state index in [1.54, 1.807) is 6.92 Å². The second kappa shape index (κ2) is 4.83. The van der Waals surface area contributed by atoms with Crippen LogP contribution in [0.15, 0.2) is 16.9 Å². The molecule has 2 N–H and O–H groups in total. The minimum atomic E-state index is -1.16. The SMILES string of the molecule is CCC1(C(=O)O)CCCN1C(=O)c1ccc(=O)[nH]n1. The van der Waals surface area contributed by atoms with Gasteiger partial charge in [0.1, 0.15) is 11.2 Å². The van der Waals surface area contributed by atoms with Gasteiger partial charge in [-0.15, -0.1) is 0 Å². The Bertz CT molecular complexity index is 548. The molecule has 0 aliphatic carbocycles. The van der Waals surface area contributed by atoms with Crippen LogP contribution in [-0.4, -0.2) is 44.2 Å². The third-order valence-electron chi connectivity index (χ3n) is 3.62. The maximum atomic E-state index is 12.3. The molecule has 1 atom stereocenters. The summed E-state index contributed by atoms with van der Waals surface area (Å²) >= 11 is 0. The molecule has 0 spiro atoms. The molecule has 0 aromatic carbocycles. The van der Waals surface area contributed by atoms with Gasteiger partial charge in [0.2, 0.25) is 0 Å². The fourth-order valence-electron chi connectivity index (χ4n) is 2.52. The van der Waals surface area contributed by atoms with Crippen LogP contribution in [0, 0.1) is 0 Å². The number of hydrogen-bond acceptors (Lipinski definition) is 4. The van der Waals surface area contributed by atoms with Crippen molar-refractivity contribution in [2.24, 2.45) is 0 Å². The first-order valence-corrected chi connectivity index (χ1v) is 6.12. The van der Waals surface area contributed by atoms with Gasteiger partial charge in [-0.1, -0.05) is 6.92 Å². The van der Waals surface area contributed by atoms with Crippen molar-refractivity contribution in [1.29, 1.82) is 0 Å². The zero-order chi connectivity index (χ0) is 14.0. The van der Waals surface area contributed by atoms with E-state index in [0.717, 1.165) is 0 Å². The van der Waals surface area contributed by atoms with E-state index in [4.69, 9.17) is 0 Å². The summed E-state index contributed by atoms with van der Waals surface area (Å²) in [4.78, 5) is 36.1. The molecular formula is C12H15N3O4. The highest BCUT2D eigenvalue weighted by Gasteiger charge is 2.48. The first-order chi connectivity index (χ1) is 9.01. The van der Waals surface area contributed by atoms with Crippen molar-refractivity contribution in [2.45, 2.75) is 31.7 Å². The van der Waals surface area contributed by atoms with Crippen molar-refractivity contribution in [3.8, 4) is 0 Å². The third-order valence-corrected chi connectivity index (χ3v) is 3.62. The molecule has 2 heterocycles. The zero-order valence-corrected chi connectivity index (χ0v) is 10.5. The summed E-state index contributed by atoms with van der Waals surface area (Å²) in [5.41, 5.74) is -1.51. The van der Waals surface area contributed by atoms with Crippen molar-refractivity contribution >= 4 is 11.9 Å². The van der Waals surface area contributed by atoms with E-state index in [-0.39, 0.29) is 5.69 Å². The van der Waals surface area contributed by atoms with E-state index in [1.165, 1.54) is 17.0 Å². The Morgan fingerprint density at radius 3 is 2.79 bits per heavy atom. The van der Waals surface area contributed by atoms with E-state index in [9.17, 15) is 19.5 Å². The normalized spacial score (nSPS) is 22.5. The maximum Gasteiger partial charge on any atom is 0.329 e. The number of carbonyl (C=O) groups is 2. The number of nitrogens with zero attached hydrogens (tertiary/aromatic N) is 2. The second-order valence-electron chi connectivity index (χ2n) is 4.56. The van der Waals surface area contributed by atoms with Gasteiger partial charge in [0.15, 0.2) is 0 Å². The Hall–Kier alpha value is -2.18. The molecule has 1 aliphatic rings. The molecule has 0 bridgehead atoms. The van der Waals surface area contributed by atoms with Gasteiger partial charge in [-0.25, -0.2) is 9.89 Å². The Labute approximate surface area is 109 Å². The quantitative estimate of drug-likeness (QED) is 0.814. The summed E-state index contributed by atoms with van der Waals surface area (Å²) in [6, 6.07) is 2.51. The molecule has 1 fully saturated rings. The highest BCUT2D eigenvalue weighted by atomic mass is 16.4. The molecule has 1 aromatic heterocycles. The van der Waals surface area contributed by atoms with Crippen molar-refractivity contribution in [2.75, 3.05) is 6.54 Å². The van der Waals surface area contributed by atoms with Crippen LogP contribution in [0.4, 0.5) is 0 Å². The molecule has 1 amide bonds. The molecule has 19 heavy (non-hydrogen) atoms. The van der Waals surface area contributed by atoms with Gasteiger partial charge >= 0.3 is 5.97 Å². The zero-order valence-electron chi connectivity index (χ0n) is 10.5. The molecule has 0 saturated carbocycles. The molecule has 102 valence electrons. The summed E-state index contributed by atoms with van der Waals surface area (Å²) < 4.78 is 0. The summed E-state index contributed by atoms with van der Waals surface area (Å²) in [5, 5.41) is 15.2. The van der Waals surface area contributed by atoms with E-state index >= 15 is 0 Å². The number of likely N-dealkylation sites (tertiary alicyclic amines) is 1. The van der Waals surface area contributed by atoms with Crippen molar-refractivity contribution < 1.29 is 14.7 Å². The van der Waals surface area contributed by atoms with Crippen LogP contribution in [-0.2, 0) is 4.79 Å². The molecule has 1 saturated heterocycles. The number of rotatable bonds is 3. The van der Waals surface area contributed by atoms with Crippen molar-refractivity contribution in [3.63, 3.8) is 0 Å². The maximum absolute atomic E-state index is 12.3. The third kappa shape index (κ3) is 2.11. The number of carbonyl (C=O) groups excluding carboxylic acids is 1. The van der Waals surface area contributed by atoms with Gasteiger partial charge in [0.25, 0.3) is 11.5 Å². The van der Waals surface area contributed by atoms with Crippen molar-refractivity contribution in [3.05, 3.63) is 28.2 Å². The first-order valence-electron chi connectivity index (χ1n) is 6.12. The number of H-pyrrole nitrogens is 1. The monoisotopic (exact) mass is 265 g/mol. The second-order valence-corrected chi connectivity index (χ2v) is 4.56. The lowest BCUT2D eigenvalue weighted by molar-refractivity contribution is -0.148. The number of carboxylic acids is 1. The van der Waals surface area contributed by atoms with E-state index < -0.39 is 23.0 Å². The van der Waals surface area contributed by atoms with Gasteiger partial charge in [-0.2, -0.15) is 5.10 Å². The molecule has 1 aromatic rings. The Kier molecular flexibility index (Phi) is 3.37. The lowest BCUT2D eigenvalue weighted by Crippen LogP contribution is -2.52. The smallest absolute Gasteiger partial charge is 0.329 e. The number of aromatic nitrogens is 2. The lowest BCUT2D eigenvalue weighted by atomic mass is 9.93. The molecule has 1 aliphatic heterocycles. The van der Waals surface area contributed by atoms with Crippen LogP contribution in [0.2, 0.25) is 0 Å². The van der Waals surface area contributed by atoms with Crippen LogP contribution < -0.4 is 5.56 Å². The number of amides is 1. The van der Waals surface area contributed by atoms with E-state index in [2.05, 4.69) is 10.2 Å². The highest BCUT2D eigenvalue weighted by molar-refractivity contribution is 5.96. The average molecular weight is 265 g/mol. The Morgan fingerprint density at radius 1 is 1.53 bits per heavy atom. The number of aromatic amines is 1. The molecule has 1 unspecified atom stereocenters. The number of carboxylic acid groups (broad SMARTS) is 1. The standard InChI is InChI=1S/C12H15N3O4/c1-2-12(11(18)19)6-3-7-15(12)10(17)8-4-5-9(16)14-13-8/h4-5H,2-3,6-7H2,1H3,(H,14,16)(H,18,19). The summed E-state index contributed by atoms with van der Waals surface area (Å²) in [6.45, 7) is 2.14. The fourth-order valence-corrected chi connectivity index (χ4v) is 2.52. The van der Waals surface area contributed by atoms with Gasteiger partial charge in [-0.05, 0) is 25.3 Å². The summed E-state index contributed by atoms with van der Waals surface area (Å²) in [6.07, 6.45) is 1.43. The van der Waals surface area contributed by atoms with Crippen LogP contribution >= 0.6 is 0 Å². The number of aliphatic carboxylic acids is 1. The predicted octanol–water partition coefficient (Wildman–Crippen LogP) is 0.239. The molecule has 2 rings (SSSR count). The summed E-state index contributed by atoms with van der Waals surface area (Å²) in [7, 11) is 0. The molecular weight excluding hydrogens is 250 g/mol. The lowest BCUT2D eigenvalue weighted by Gasteiger charge is -2.33. The molecule has 7 heteroatoms.